The van der Waals surface area contributed by atoms with Gasteiger partial charge in [0.05, 0.1) is 5.69 Å². The monoisotopic (exact) mass is 207 g/mol. The van der Waals surface area contributed by atoms with E-state index in [-0.39, 0.29) is 5.82 Å². The second kappa shape index (κ2) is 3.54. The van der Waals surface area contributed by atoms with E-state index >= 15 is 0 Å². The van der Waals surface area contributed by atoms with Gasteiger partial charge in [0.1, 0.15) is 5.82 Å². The molecule has 1 aromatic heterocycles. The van der Waals surface area contributed by atoms with E-state index in [0.29, 0.717) is 24.3 Å². The van der Waals surface area contributed by atoms with Gasteiger partial charge < -0.3 is 5.32 Å². The minimum absolute atomic E-state index is 0.190. The number of rotatable bonds is 2. The number of hydrogen-bond donors (Lipinski definition) is 1. The highest BCUT2D eigenvalue weighted by Crippen LogP contribution is 2.22. The van der Waals surface area contributed by atoms with Gasteiger partial charge in [-0.2, -0.15) is 0 Å². The Bertz CT molecular complexity index is 353. The Morgan fingerprint density at radius 1 is 1.47 bits per heavy atom. The van der Waals surface area contributed by atoms with Crippen LogP contribution in [0.2, 0.25) is 0 Å². The van der Waals surface area contributed by atoms with Gasteiger partial charge in [0.15, 0.2) is 0 Å². The molecule has 0 saturated carbocycles. The summed E-state index contributed by atoms with van der Waals surface area (Å²) in [5.41, 5.74) is 0.568. The summed E-state index contributed by atoms with van der Waals surface area (Å²) in [7, 11) is 0. The Morgan fingerprint density at radius 2 is 2.20 bits per heavy atom. The highest BCUT2D eigenvalue weighted by atomic mass is 19.1. The van der Waals surface area contributed by atoms with Crippen molar-refractivity contribution in [3.63, 3.8) is 0 Å². The van der Waals surface area contributed by atoms with Crippen LogP contribution in [-0.2, 0) is 6.54 Å². The van der Waals surface area contributed by atoms with Gasteiger partial charge in [-0.05, 0) is 18.6 Å². The third-order valence-corrected chi connectivity index (χ3v) is 3.21. The maximum absolute atomic E-state index is 13.3. The number of piperidine rings is 1. The number of halogens is 1. The molecular formula is C11H14FN3. The third kappa shape index (κ3) is 1.75. The van der Waals surface area contributed by atoms with Crippen molar-refractivity contribution in [3.8, 4) is 0 Å². The molecule has 0 aliphatic carbocycles. The van der Waals surface area contributed by atoms with E-state index in [2.05, 4.69) is 15.2 Å². The maximum atomic E-state index is 13.3. The Kier molecular flexibility index (Phi) is 2.18. The average Bonchev–Trinajstić information content (AvgIpc) is 2.21. The van der Waals surface area contributed by atoms with Crippen LogP contribution in [0.3, 0.4) is 0 Å². The van der Waals surface area contributed by atoms with E-state index in [4.69, 9.17) is 0 Å². The van der Waals surface area contributed by atoms with Gasteiger partial charge in [-0.15, -0.1) is 0 Å². The van der Waals surface area contributed by atoms with Crippen molar-refractivity contribution in [2.24, 2.45) is 0 Å². The first kappa shape index (κ1) is 9.24. The first-order valence-corrected chi connectivity index (χ1v) is 5.39. The molecule has 3 nitrogen and oxygen atoms in total. The SMILES string of the molecule is Fc1cccnc1CN1CC2CC(C1)N2. The van der Waals surface area contributed by atoms with E-state index in [1.807, 2.05) is 0 Å². The molecule has 2 atom stereocenters. The van der Waals surface area contributed by atoms with Crippen molar-refractivity contribution >= 4 is 0 Å². The second-order valence-electron chi connectivity index (χ2n) is 4.42. The molecule has 4 heterocycles. The predicted molar refractivity (Wildman–Crippen MR) is 54.8 cm³/mol. The van der Waals surface area contributed by atoms with Crippen LogP contribution >= 0.6 is 0 Å². The molecule has 0 spiro atoms. The summed E-state index contributed by atoms with van der Waals surface area (Å²) in [6.45, 7) is 2.68. The standard InChI is InChI=1S/C11H14FN3/c12-10-2-1-3-13-11(10)7-15-5-8-4-9(6-15)14-8/h1-3,8-9,14H,4-7H2. The summed E-state index contributed by atoms with van der Waals surface area (Å²) in [6.07, 6.45) is 2.93. The molecule has 3 aliphatic heterocycles. The average molecular weight is 207 g/mol. The van der Waals surface area contributed by atoms with Gasteiger partial charge in [0.25, 0.3) is 0 Å². The topological polar surface area (TPSA) is 28.2 Å². The Balaban J connectivity index is 1.68. The van der Waals surface area contributed by atoms with Crippen molar-refractivity contribution in [3.05, 3.63) is 29.8 Å². The van der Waals surface area contributed by atoms with E-state index < -0.39 is 0 Å². The fraction of sp³-hybridized carbons (Fsp3) is 0.545. The molecule has 15 heavy (non-hydrogen) atoms. The van der Waals surface area contributed by atoms with E-state index in [1.54, 1.807) is 12.3 Å². The van der Waals surface area contributed by atoms with E-state index in [0.717, 1.165) is 13.1 Å². The molecule has 0 radical (unpaired) electrons. The lowest BCUT2D eigenvalue weighted by Crippen LogP contribution is -2.66. The molecule has 0 aromatic carbocycles. The summed E-state index contributed by atoms with van der Waals surface area (Å²) in [6, 6.07) is 4.35. The summed E-state index contributed by atoms with van der Waals surface area (Å²) in [5, 5.41) is 3.45. The number of fused-ring (bicyclic) bond motifs is 2. The lowest BCUT2D eigenvalue weighted by atomic mass is 9.91. The molecule has 1 N–H and O–H groups in total. The smallest absolute Gasteiger partial charge is 0.146 e. The van der Waals surface area contributed by atoms with Crippen molar-refractivity contribution in [2.45, 2.75) is 25.0 Å². The number of nitrogens with one attached hydrogen (secondary N) is 1. The van der Waals surface area contributed by atoms with Crippen LogP contribution in [0.25, 0.3) is 0 Å². The van der Waals surface area contributed by atoms with Crippen LogP contribution in [0.5, 0.6) is 0 Å². The molecule has 3 fully saturated rings. The normalized spacial score (nSPS) is 29.9. The third-order valence-electron chi connectivity index (χ3n) is 3.21. The fourth-order valence-electron chi connectivity index (χ4n) is 2.48. The van der Waals surface area contributed by atoms with Crippen LogP contribution in [0.1, 0.15) is 12.1 Å². The van der Waals surface area contributed by atoms with Gasteiger partial charge in [-0.3, -0.25) is 9.88 Å². The minimum Gasteiger partial charge on any atom is -0.309 e. The molecule has 0 amide bonds. The van der Waals surface area contributed by atoms with Crippen molar-refractivity contribution < 1.29 is 4.39 Å². The largest absolute Gasteiger partial charge is 0.309 e. The molecule has 2 bridgehead atoms. The van der Waals surface area contributed by atoms with E-state index in [9.17, 15) is 4.39 Å². The molecule has 2 unspecified atom stereocenters. The number of hydrogen-bond acceptors (Lipinski definition) is 3. The zero-order chi connectivity index (χ0) is 10.3. The van der Waals surface area contributed by atoms with Gasteiger partial charge in [-0.25, -0.2) is 4.39 Å². The van der Waals surface area contributed by atoms with E-state index in [1.165, 1.54) is 12.5 Å². The molecule has 1 aromatic rings. The van der Waals surface area contributed by atoms with Crippen molar-refractivity contribution in [1.82, 2.24) is 15.2 Å². The lowest BCUT2D eigenvalue weighted by molar-refractivity contribution is 0.0708. The molecule has 4 heteroatoms. The van der Waals surface area contributed by atoms with Gasteiger partial charge >= 0.3 is 0 Å². The summed E-state index contributed by atoms with van der Waals surface area (Å²) in [5.74, 6) is -0.190. The summed E-state index contributed by atoms with van der Waals surface area (Å²) < 4.78 is 13.3. The molecule has 3 aliphatic rings. The fourth-order valence-corrected chi connectivity index (χ4v) is 2.48. The minimum atomic E-state index is -0.190. The number of pyridine rings is 1. The zero-order valence-corrected chi connectivity index (χ0v) is 8.49. The number of aromatic nitrogens is 1. The summed E-state index contributed by atoms with van der Waals surface area (Å²) in [4.78, 5) is 6.35. The van der Waals surface area contributed by atoms with Crippen molar-refractivity contribution in [1.29, 1.82) is 0 Å². The Hall–Kier alpha value is -1.00. The van der Waals surface area contributed by atoms with Gasteiger partial charge in [0, 0.05) is 37.9 Å². The summed E-state index contributed by atoms with van der Waals surface area (Å²) >= 11 is 0. The Morgan fingerprint density at radius 3 is 2.87 bits per heavy atom. The predicted octanol–water partition coefficient (Wildman–Crippen LogP) is 0.767. The zero-order valence-electron chi connectivity index (χ0n) is 8.49. The highest BCUT2D eigenvalue weighted by molar-refractivity contribution is 5.08. The molecule has 80 valence electrons. The number of piperazine rings is 1. The second-order valence-corrected chi connectivity index (χ2v) is 4.42. The van der Waals surface area contributed by atoms with Gasteiger partial charge in [0.2, 0.25) is 0 Å². The molecule has 4 rings (SSSR count). The quantitative estimate of drug-likeness (QED) is 0.776. The number of nitrogens with zero attached hydrogens (tertiary/aromatic N) is 2. The van der Waals surface area contributed by atoms with Crippen LogP contribution in [-0.4, -0.2) is 35.1 Å². The van der Waals surface area contributed by atoms with Gasteiger partial charge in [-0.1, -0.05) is 0 Å². The van der Waals surface area contributed by atoms with Crippen LogP contribution < -0.4 is 5.32 Å². The first-order chi connectivity index (χ1) is 7.31. The molecular weight excluding hydrogens is 193 g/mol. The lowest BCUT2D eigenvalue weighted by Gasteiger charge is -2.48. The molecule has 3 saturated heterocycles. The maximum Gasteiger partial charge on any atom is 0.146 e. The highest BCUT2D eigenvalue weighted by Gasteiger charge is 2.36. The van der Waals surface area contributed by atoms with Crippen LogP contribution in [0.4, 0.5) is 4.39 Å². The van der Waals surface area contributed by atoms with Crippen LogP contribution in [0.15, 0.2) is 18.3 Å². The van der Waals surface area contributed by atoms with Crippen LogP contribution in [0, 0.1) is 5.82 Å². The Labute approximate surface area is 88.3 Å². The first-order valence-electron chi connectivity index (χ1n) is 5.39. The van der Waals surface area contributed by atoms with Crippen molar-refractivity contribution in [2.75, 3.05) is 13.1 Å².